The van der Waals surface area contributed by atoms with Gasteiger partial charge < -0.3 is 9.64 Å². The number of likely N-dealkylation sites (tertiary alicyclic amines) is 2. The van der Waals surface area contributed by atoms with Gasteiger partial charge in [0.2, 0.25) is 5.91 Å². The Morgan fingerprint density at radius 2 is 1.83 bits per heavy atom. The molecule has 1 amide bonds. The van der Waals surface area contributed by atoms with Gasteiger partial charge >= 0.3 is 0 Å². The van der Waals surface area contributed by atoms with Crippen LogP contribution >= 0.6 is 0 Å². The predicted molar refractivity (Wildman–Crippen MR) is 114 cm³/mol. The first-order valence-electron chi connectivity index (χ1n) is 10.9. The SMILES string of the molecule is O=C(Cn1ncccc1=O)N1CCC(N2CCC[C@H]2COCc2ccccc2)CC1. The van der Waals surface area contributed by atoms with Crippen molar-refractivity contribution in [2.45, 2.75) is 50.9 Å². The van der Waals surface area contributed by atoms with Crippen LogP contribution in [0.25, 0.3) is 0 Å². The molecule has 3 heterocycles. The monoisotopic (exact) mass is 410 g/mol. The first kappa shape index (κ1) is 20.8. The first-order chi connectivity index (χ1) is 14.7. The number of ether oxygens (including phenoxy) is 1. The third-order valence-corrected chi connectivity index (χ3v) is 6.20. The van der Waals surface area contributed by atoms with E-state index in [9.17, 15) is 9.59 Å². The normalized spacial score (nSPS) is 20.5. The molecule has 0 radical (unpaired) electrons. The Labute approximate surface area is 177 Å². The number of carbonyl (C=O) groups excluding carboxylic acids is 1. The predicted octanol–water partition coefficient (Wildman–Crippen LogP) is 1.92. The van der Waals surface area contributed by atoms with Crippen LogP contribution in [-0.2, 0) is 22.7 Å². The molecule has 2 fully saturated rings. The minimum atomic E-state index is -0.240. The molecule has 2 aliphatic heterocycles. The van der Waals surface area contributed by atoms with Crippen LogP contribution in [0.2, 0.25) is 0 Å². The molecule has 7 nitrogen and oxygen atoms in total. The molecular formula is C23H30N4O3. The number of hydrogen-bond acceptors (Lipinski definition) is 5. The maximum Gasteiger partial charge on any atom is 0.267 e. The van der Waals surface area contributed by atoms with Gasteiger partial charge in [0.05, 0.1) is 13.2 Å². The van der Waals surface area contributed by atoms with E-state index in [4.69, 9.17) is 4.74 Å². The summed E-state index contributed by atoms with van der Waals surface area (Å²) in [6.45, 7) is 4.02. The number of benzene rings is 1. The average molecular weight is 411 g/mol. The van der Waals surface area contributed by atoms with Gasteiger partial charge in [-0.3, -0.25) is 14.5 Å². The molecule has 2 aliphatic rings. The van der Waals surface area contributed by atoms with E-state index in [1.54, 1.807) is 6.07 Å². The van der Waals surface area contributed by atoms with Gasteiger partial charge in [-0.15, -0.1) is 0 Å². The Bertz CT molecular complexity index is 877. The van der Waals surface area contributed by atoms with Crippen molar-refractivity contribution in [3.8, 4) is 0 Å². The second kappa shape index (κ2) is 10.00. The summed E-state index contributed by atoms with van der Waals surface area (Å²) in [5, 5.41) is 3.99. The van der Waals surface area contributed by atoms with Crippen LogP contribution in [0.5, 0.6) is 0 Å². The third-order valence-electron chi connectivity index (χ3n) is 6.20. The quantitative estimate of drug-likeness (QED) is 0.698. The van der Waals surface area contributed by atoms with Crippen molar-refractivity contribution in [1.29, 1.82) is 0 Å². The number of rotatable bonds is 7. The minimum absolute atomic E-state index is 0.0179. The molecule has 0 saturated carbocycles. The van der Waals surface area contributed by atoms with Crippen molar-refractivity contribution >= 4 is 5.91 Å². The lowest BCUT2D eigenvalue weighted by molar-refractivity contribution is -0.133. The van der Waals surface area contributed by atoms with E-state index in [0.29, 0.717) is 18.7 Å². The number of carbonyl (C=O) groups is 1. The molecule has 0 bridgehead atoms. The number of amides is 1. The summed E-state index contributed by atoms with van der Waals surface area (Å²) in [5.74, 6) is -0.0292. The zero-order valence-electron chi connectivity index (χ0n) is 17.4. The fourth-order valence-corrected chi connectivity index (χ4v) is 4.59. The van der Waals surface area contributed by atoms with Crippen LogP contribution in [0, 0.1) is 0 Å². The van der Waals surface area contributed by atoms with Crippen molar-refractivity contribution < 1.29 is 9.53 Å². The van der Waals surface area contributed by atoms with Gasteiger partial charge in [0, 0.05) is 37.4 Å². The summed E-state index contributed by atoms with van der Waals surface area (Å²) in [6, 6.07) is 14.3. The fraction of sp³-hybridized carbons (Fsp3) is 0.522. The van der Waals surface area contributed by atoms with Crippen LogP contribution in [0.4, 0.5) is 0 Å². The summed E-state index contributed by atoms with van der Waals surface area (Å²) in [5.41, 5.74) is 0.969. The maximum atomic E-state index is 12.6. The van der Waals surface area contributed by atoms with Crippen molar-refractivity contribution in [2.75, 3.05) is 26.2 Å². The lowest BCUT2D eigenvalue weighted by atomic mass is 10.0. The van der Waals surface area contributed by atoms with Crippen LogP contribution in [-0.4, -0.2) is 63.8 Å². The van der Waals surface area contributed by atoms with Crippen molar-refractivity contribution in [3.63, 3.8) is 0 Å². The highest BCUT2D eigenvalue weighted by Crippen LogP contribution is 2.26. The first-order valence-corrected chi connectivity index (χ1v) is 10.9. The lowest BCUT2D eigenvalue weighted by Gasteiger charge is -2.39. The second-order valence-electron chi connectivity index (χ2n) is 8.17. The van der Waals surface area contributed by atoms with Crippen molar-refractivity contribution in [1.82, 2.24) is 19.6 Å². The van der Waals surface area contributed by atoms with E-state index < -0.39 is 0 Å². The van der Waals surface area contributed by atoms with Gasteiger partial charge in [0.1, 0.15) is 6.54 Å². The van der Waals surface area contributed by atoms with Gasteiger partial charge in [0.25, 0.3) is 5.56 Å². The van der Waals surface area contributed by atoms with E-state index in [1.807, 2.05) is 23.1 Å². The summed E-state index contributed by atoms with van der Waals surface area (Å²) in [7, 11) is 0. The molecule has 160 valence electrons. The van der Waals surface area contributed by atoms with E-state index in [0.717, 1.165) is 39.1 Å². The van der Waals surface area contributed by atoms with E-state index >= 15 is 0 Å². The van der Waals surface area contributed by atoms with E-state index in [-0.39, 0.29) is 18.0 Å². The molecule has 1 atom stereocenters. The Hall–Kier alpha value is -2.51. The van der Waals surface area contributed by atoms with Gasteiger partial charge in [0.15, 0.2) is 0 Å². The van der Waals surface area contributed by atoms with Gasteiger partial charge in [-0.25, -0.2) is 4.68 Å². The molecular weight excluding hydrogens is 380 g/mol. The highest BCUT2D eigenvalue weighted by Gasteiger charge is 2.33. The highest BCUT2D eigenvalue weighted by molar-refractivity contribution is 5.76. The number of hydrogen-bond donors (Lipinski definition) is 0. The Morgan fingerprint density at radius 3 is 2.60 bits per heavy atom. The summed E-state index contributed by atoms with van der Waals surface area (Å²) < 4.78 is 7.25. The number of aromatic nitrogens is 2. The van der Waals surface area contributed by atoms with Crippen molar-refractivity contribution in [3.05, 3.63) is 64.6 Å². The Morgan fingerprint density at radius 1 is 1.03 bits per heavy atom. The Kier molecular flexibility index (Phi) is 6.92. The zero-order valence-corrected chi connectivity index (χ0v) is 17.4. The molecule has 7 heteroatoms. The highest BCUT2D eigenvalue weighted by atomic mass is 16.5. The number of piperidine rings is 1. The summed E-state index contributed by atoms with van der Waals surface area (Å²) in [4.78, 5) is 28.8. The molecule has 0 unspecified atom stereocenters. The van der Waals surface area contributed by atoms with Crippen LogP contribution < -0.4 is 5.56 Å². The second-order valence-corrected chi connectivity index (χ2v) is 8.17. The molecule has 0 N–H and O–H groups in total. The topological polar surface area (TPSA) is 67.7 Å². The molecule has 2 saturated heterocycles. The molecule has 1 aromatic carbocycles. The zero-order chi connectivity index (χ0) is 20.8. The molecule has 1 aromatic heterocycles. The van der Waals surface area contributed by atoms with Crippen LogP contribution in [0.15, 0.2) is 53.5 Å². The fourth-order valence-electron chi connectivity index (χ4n) is 4.59. The Balaban J connectivity index is 1.24. The molecule has 30 heavy (non-hydrogen) atoms. The molecule has 0 spiro atoms. The smallest absolute Gasteiger partial charge is 0.267 e. The van der Waals surface area contributed by atoms with E-state index in [1.165, 1.54) is 35.4 Å². The van der Waals surface area contributed by atoms with Crippen LogP contribution in [0.1, 0.15) is 31.2 Å². The van der Waals surface area contributed by atoms with Gasteiger partial charge in [-0.05, 0) is 43.9 Å². The molecule has 4 rings (SSSR count). The molecule has 0 aliphatic carbocycles. The number of nitrogens with zero attached hydrogens (tertiary/aromatic N) is 4. The summed E-state index contributed by atoms with van der Waals surface area (Å²) >= 11 is 0. The van der Waals surface area contributed by atoms with Gasteiger partial charge in [-0.1, -0.05) is 30.3 Å². The average Bonchev–Trinajstić information content (AvgIpc) is 3.25. The van der Waals surface area contributed by atoms with Crippen molar-refractivity contribution in [2.24, 2.45) is 0 Å². The lowest BCUT2D eigenvalue weighted by Crippen LogP contribution is -2.50. The minimum Gasteiger partial charge on any atom is -0.375 e. The van der Waals surface area contributed by atoms with Gasteiger partial charge in [-0.2, -0.15) is 5.10 Å². The summed E-state index contributed by atoms with van der Waals surface area (Å²) in [6.07, 6.45) is 5.86. The molecule has 2 aromatic rings. The largest absolute Gasteiger partial charge is 0.375 e. The van der Waals surface area contributed by atoms with Crippen LogP contribution in [0.3, 0.4) is 0 Å². The maximum absolute atomic E-state index is 12.6. The third kappa shape index (κ3) is 5.15. The standard InChI is InChI=1S/C23H30N4O3/c28-22-9-4-12-24-27(22)16-23(29)25-14-10-20(11-15-25)26-13-5-8-21(26)18-30-17-19-6-2-1-3-7-19/h1-4,6-7,9,12,20-21H,5,8,10-11,13-18H2/t21-/m0/s1. The van der Waals surface area contributed by atoms with E-state index in [2.05, 4.69) is 22.1 Å².